The first-order chi connectivity index (χ1) is 18.3. The van der Waals surface area contributed by atoms with Gasteiger partial charge < -0.3 is 5.11 Å². The molecule has 7 rings (SSSR count). The third-order valence-electron chi connectivity index (χ3n) is 7.31. The average molecular weight is 628 g/mol. The second-order valence-corrected chi connectivity index (χ2v) is 11.1. The number of nitrogens with zero attached hydrogens (tertiary/aromatic N) is 2. The highest BCUT2D eigenvalue weighted by Crippen LogP contribution is 2.42. The average Bonchev–Trinajstić information content (AvgIpc) is 3.33. The van der Waals surface area contributed by atoms with E-state index < -0.39 is 12.1 Å². The third-order valence-corrected chi connectivity index (χ3v) is 8.70. The minimum absolute atomic E-state index is 0.303. The molecule has 1 unspecified atom stereocenters. The van der Waals surface area contributed by atoms with Crippen molar-refractivity contribution in [2.24, 2.45) is 0 Å². The fourth-order valence-electron chi connectivity index (χ4n) is 5.47. The summed E-state index contributed by atoms with van der Waals surface area (Å²) in [4.78, 5) is 46.5. The Labute approximate surface area is 233 Å². The number of ketones is 2. The van der Waals surface area contributed by atoms with Crippen molar-refractivity contribution in [1.82, 2.24) is 4.98 Å². The maximum atomic E-state index is 13.6. The number of pyridine rings is 1. The van der Waals surface area contributed by atoms with Crippen LogP contribution in [0.2, 0.25) is 0 Å². The monoisotopic (exact) mass is 626 g/mol. The molecule has 1 aliphatic heterocycles. The van der Waals surface area contributed by atoms with E-state index in [0.29, 0.717) is 39.2 Å². The molecule has 38 heavy (non-hydrogen) atoms. The Morgan fingerprint density at radius 2 is 1.39 bits per heavy atom. The normalized spacial score (nSPS) is 17.1. The van der Waals surface area contributed by atoms with Gasteiger partial charge in [-0.2, -0.15) is 0 Å². The Bertz CT molecular complexity index is 1840. The summed E-state index contributed by atoms with van der Waals surface area (Å²) in [5.41, 5.74) is 2.81. The van der Waals surface area contributed by atoms with Gasteiger partial charge in [-0.3, -0.25) is 19.3 Å². The summed E-state index contributed by atoms with van der Waals surface area (Å²) in [6.07, 6.45) is -1.17. The molecule has 8 heteroatoms. The van der Waals surface area contributed by atoms with Gasteiger partial charge in [-0.25, -0.2) is 4.98 Å². The van der Waals surface area contributed by atoms with Gasteiger partial charge in [-0.1, -0.05) is 68.3 Å². The Kier molecular flexibility index (Phi) is 5.17. The predicted molar refractivity (Wildman–Crippen MR) is 151 cm³/mol. The summed E-state index contributed by atoms with van der Waals surface area (Å²) < 4.78 is 1.65. The third kappa shape index (κ3) is 3.20. The molecule has 6 nitrogen and oxygen atoms in total. The number of anilines is 1. The van der Waals surface area contributed by atoms with Crippen molar-refractivity contribution in [3.63, 3.8) is 0 Å². The first-order valence-corrected chi connectivity index (χ1v) is 13.4. The van der Waals surface area contributed by atoms with Crippen LogP contribution in [-0.2, 0) is 0 Å². The lowest BCUT2D eigenvalue weighted by Gasteiger charge is -2.22. The fourth-order valence-corrected chi connectivity index (χ4v) is 6.39. The molecule has 1 aliphatic carbocycles. The van der Waals surface area contributed by atoms with Crippen LogP contribution in [0.25, 0.3) is 21.7 Å². The van der Waals surface area contributed by atoms with Gasteiger partial charge >= 0.3 is 0 Å². The van der Waals surface area contributed by atoms with E-state index in [1.54, 1.807) is 60.7 Å². The molecule has 2 aliphatic rings. The Morgan fingerprint density at radius 3 is 2.05 bits per heavy atom. The summed E-state index contributed by atoms with van der Waals surface area (Å²) in [5.74, 6) is -2.05. The minimum atomic E-state index is -1.17. The number of aliphatic hydroxyl groups is 1. The molecule has 2 heterocycles. The van der Waals surface area contributed by atoms with Crippen molar-refractivity contribution in [2.45, 2.75) is 12.1 Å². The summed E-state index contributed by atoms with van der Waals surface area (Å²) in [5, 5.41) is 13.4. The molecule has 1 aromatic heterocycles. The Balaban J connectivity index is 1.36. The number of para-hydroxylation sites is 1. The summed E-state index contributed by atoms with van der Waals surface area (Å²) in [7, 11) is 0. The molecule has 1 amide bonds. The summed E-state index contributed by atoms with van der Waals surface area (Å²) in [6, 6.07) is 23.0. The van der Waals surface area contributed by atoms with Crippen molar-refractivity contribution in [1.29, 1.82) is 0 Å². The van der Waals surface area contributed by atoms with Crippen molar-refractivity contribution in [3.05, 3.63) is 116 Å². The molecule has 1 atom stereocenters. The molecule has 5 aromatic rings. The number of aliphatic hydroxyl groups excluding tert-OH is 1. The quantitative estimate of drug-likeness (QED) is 0.219. The number of fused-ring (bicyclic) bond motifs is 4. The lowest BCUT2D eigenvalue weighted by Crippen LogP contribution is -2.28. The van der Waals surface area contributed by atoms with Crippen molar-refractivity contribution in [3.8, 4) is 0 Å². The van der Waals surface area contributed by atoms with Crippen molar-refractivity contribution >= 4 is 76.7 Å². The van der Waals surface area contributed by atoms with Crippen LogP contribution < -0.4 is 4.90 Å². The first kappa shape index (κ1) is 23.4. The summed E-state index contributed by atoms with van der Waals surface area (Å²) in [6.45, 7) is 0. The van der Waals surface area contributed by atoms with Crippen LogP contribution >= 0.6 is 31.9 Å². The van der Waals surface area contributed by atoms with Crippen LogP contribution in [0.3, 0.4) is 0 Å². The highest BCUT2D eigenvalue weighted by Gasteiger charge is 2.42. The number of carbonyl (C=O) groups excluding carboxylic acids is 3. The van der Waals surface area contributed by atoms with E-state index in [9.17, 15) is 19.5 Å². The molecule has 4 aromatic carbocycles. The Morgan fingerprint density at radius 1 is 0.737 bits per heavy atom. The standard InChI is InChI=1S/C30H16Br2N2O4/c31-21-9-10-22(32)18-13-20-19(12-17(18)21)27(35)25(28(20)36)23-11-8-14-4-3-7-24(26(14)33-23)34-29(37)15-5-1-2-6-16(15)30(34)38/h1-13,25,29,37H. The van der Waals surface area contributed by atoms with E-state index >= 15 is 0 Å². The molecule has 184 valence electrons. The van der Waals surface area contributed by atoms with Crippen LogP contribution in [0.1, 0.15) is 54.5 Å². The molecular weight excluding hydrogens is 612 g/mol. The summed E-state index contributed by atoms with van der Waals surface area (Å²) >= 11 is 7.08. The molecule has 0 saturated heterocycles. The van der Waals surface area contributed by atoms with E-state index in [4.69, 9.17) is 4.98 Å². The number of aromatic nitrogens is 1. The van der Waals surface area contributed by atoms with Gasteiger partial charge in [0.25, 0.3) is 5.91 Å². The number of rotatable bonds is 2. The van der Waals surface area contributed by atoms with Gasteiger partial charge in [0.1, 0.15) is 5.92 Å². The topological polar surface area (TPSA) is 87.6 Å². The lowest BCUT2D eigenvalue weighted by atomic mass is 9.98. The number of amides is 1. The van der Waals surface area contributed by atoms with E-state index in [2.05, 4.69) is 31.9 Å². The van der Waals surface area contributed by atoms with Gasteiger partial charge in [0, 0.05) is 36.6 Å². The number of benzene rings is 4. The number of carbonyl (C=O) groups is 3. The van der Waals surface area contributed by atoms with Gasteiger partial charge in [-0.05, 0) is 53.2 Å². The Hall–Kier alpha value is -3.72. The van der Waals surface area contributed by atoms with Crippen LogP contribution in [0.4, 0.5) is 5.69 Å². The van der Waals surface area contributed by atoms with Crippen LogP contribution in [0.15, 0.2) is 87.8 Å². The van der Waals surface area contributed by atoms with Crippen molar-refractivity contribution < 1.29 is 19.5 Å². The smallest absolute Gasteiger partial charge is 0.261 e. The molecule has 0 saturated carbocycles. The lowest BCUT2D eigenvalue weighted by molar-refractivity contribution is 0.0884. The SMILES string of the molecule is O=C1c2cc3c(Br)ccc(Br)c3cc2C(=O)C1c1ccc2cccc(N3C(=O)c4ccccc4C3O)c2n1. The number of Topliss-reactive ketones (excluding diaryl/α,β-unsaturated/α-hetero) is 2. The molecular formula is C30H16Br2N2O4. The molecule has 0 spiro atoms. The highest BCUT2D eigenvalue weighted by molar-refractivity contribution is 9.11. The molecule has 0 bridgehead atoms. The molecule has 0 radical (unpaired) electrons. The molecule has 1 N–H and O–H groups in total. The van der Waals surface area contributed by atoms with E-state index in [1.165, 1.54) is 4.90 Å². The highest BCUT2D eigenvalue weighted by atomic mass is 79.9. The van der Waals surface area contributed by atoms with Gasteiger partial charge in [0.05, 0.1) is 16.9 Å². The van der Waals surface area contributed by atoms with E-state index in [1.807, 2.05) is 18.2 Å². The number of hydrogen-bond donors (Lipinski definition) is 1. The first-order valence-electron chi connectivity index (χ1n) is 11.9. The zero-order chi connectivity index (χ0) is 26.3. The van der Waals surface area contributed by atoms with Crippen LogP contribution in [-0.4, -0.2) is 27.6 Å². The van der Waals surface area contributed by atoms with Gasteiger partial charge in [0.2, 0.25) is 0 Å². The number of halogens is 2. The van der Waals surface area contributed by atoms with Crippen molar-refractivity contribution in [2.75, 3.05) is 4.90 Å². The fraction of sp³-hybridized carbons (Fsp3) is 0.0667. The molecule has 0 fully saturated rings. The predicted octanol–water partition coefficient (Wildman–Crippen LogP) is 6.73. The van der Waals surface area contributed by atoms with E-state index in [0.717, 1.165) is 25.1 Å². The maximum absolute atomic E-state index is 13.6. The zero-order valence-electron chi connectivity index (χ0n) is 19.5. The van der Waals surface area contributed by atoms with Crippen LogP contribution in [0, 0.1) is 0 Å². The van der Waals surface area contributed by atoms with Crippen LogP contribution in [0.5, 0.6) is 0 Å². The second kappa shape index (κ2) is 8.39. The maximum Gasteiger partial charge on any atom is 0.261 e. The number of hydrogen-bond acceptors (Lipinski definition) is 5. The largest absolute Gasteiger partial charge is 0.369 e. The van der Waals surface area contributed by atoms with Gasteiger partial charge in [0.15, 0.2) is 17.8 Å². The van der Waals surface area contributed by atoms with Gasteiger partial charge in [-0.15, -0.1) is 0 Å². The van der Waals surface area contributed by atoms with E-state index in [-0.39, 0.29) is 17.5 Å². The zero-order valence-corrected chi connectivity index (χ0v) is 22.7. The second-order valence-electron chi connectivity index (χ2n) is 9.36. The minimum Gasteiger partial charge on any atom is -0.369 e.